The van der Waals surface area contributed by atoms with Crippen molar-refractivity contribution in [2.24, 2.45) is 0 Å². The Morgan fingerprint density at radius 3 is 2.67 bits per heavy atom. The van der Waals surface area contributed by atoms with Crippen molar-refractivity contribution in [3.8, 4) is 0 Å². The lowest BCUT2D eigenvalue weighted by atomic mass is 10.2. The molecule has 0 atom stereocenters. The van der Waals surface area contributed by atoms with Crippen LogP contribution in [0.4, 0.5) is 0 Å². The first-order valence-corrected chi connectivity index (χ1v) is 6.70. The number of methoxy groups -OCH3 is 1. The predicted molar refractivity (Wildman–Crippen MR) is 79.7 cm³/mol. The summed E-state index contributed by atoms with van der Waals surface area (Å²) in [6.45, 7) is 1.11. The number of nitrogens with zero attached hydrogens (tertiary/aromatic N) is 1. The molecule has 0 amide bonds. The van der Waals surface area contributed by atoms with Crippen molar-refractivity contribution in [1.29, 1.82) is 0 Å². The maximum atomic E-state index is 11.9. The zero-order valence-electron chi connectivity index (χ0n) is 10.1. The molecular weight excluding hydrogens is 341 g/mol. The molecular formula is C14H14INO2. The molecule has 1 aromatic heterocycles. The minimum Gasteiger partial charge on any atom is -0.380 e. The molecule has 0 saturated carbocycles. The molecule has 94 valence electrons. The molecule has 2 rings (SSSR count). The van der Waals surface area contributed by atoms with Crippen LogP contribution in [0.25, 0.3) is 0 Å². The van der Waals surface area contributed by atoms with Gasteiger partial charge in [-0.15, -0.1) is 0 Å². The van der Waals surface area contributed by atoms with E-state index in [0.717, 1.165) is 14.7 Å². The summed E-state index contributed by atoms with van der Waals surface area (Å²) in [5, 5.41) is 0. The Morgan fingerprint density at radius 2 is 2.00 bits per heavy atom. The summed E-state index contributed by atoms with van der Waals surface area (Å²) in [6.07, 6.45) is 1.88. The van der Waals surface area contributed by atoms with Crippen LogP contribution in [-0.4, -0.2) is 11.7 Å². The zero-order valence-corrected chi connectivity index (χ0v) is 12.3. The van der Waals surface area contributed by atoms with E-state index in [9.17, 15) is 4.79 Å². The Bertz CT molecular complexity index is 578. The topological polar surface area (TPSA) is 31.2 Å². The Hall–Kier alpha value is -1.14. The smallest absolute Gasteiger partial charge is 0.251 e. The monoisotopic (exact) mass is 355 g/mol. The van der Waals surface area contributed by atoms with Crippen molar-refractivity contribution in [2.45, 2.75) is 13.2 Å². The maximum Gasteiger partial charge on any atom is 0.251 e. The fraction of sp³-hybridized carbons (Fsp3) is 0.214. The van der Waals surface area contributed by atoms with Gasteiger partial charge in [0.1, 0.15) is 0 Å². The molecule has 0 aliphatic carbocycles. The van der Waals surface area contributed by atoms with Gasteiger partial charge in [0.05, 0.1) is 13.2 Å². The van der Waals surface area contributed by atoms with E-state index in [1.54, 1.807) is 17.7 Å². The molecule has 1 aromatic carbocycles. The van der Waals surface area contributed by atoms with Crippen LogP contribution >= 0.6 is 22.6 Å². The quantitative estimate of drug-likeness (QED) is 0.790. The van der Waals surface area contributed by atoms with Crippen LogP contribution in [0.1, 0.15) is 11.1 Å². The van der Waals surface area contributed by atoms with E-state index in [4.69, 9.17) is 4.74 Å². The third-order valence-corrected chi connectivity index (χ3v) is 3.65. The summed E-state index contributed by atoms with van der Waals surface area (Å²) < 4.78 is 7.80. The van der Waals surface area contributed by atoms with Gasteiger partial charge in [-0.1, -0.05) is 30.3 Å². The number of hydrogen-bond acceptors (Lipinski definition) is 2. The normalized spacial score (nSPS) is 10.6. The van der Waals surface area contributed by atoms with Crippen LogP contribution < -0.4 is 5.56 Å². The highest BCUT2D eigenvalue weighted by atomic mass is 127. The second kappa shape index (κ2) is 6.15. The molecule has 3 nitrogen and oxygen atoms in total. The van der Waals surface area contributed by atoms with Crippen LogP contribution in [0.3, 0.4) is 0 Å². The van der Waals surface area contributed by atoms with Gasteiger partial charge in [-0.05, 0) is 28.2 Å². The molecule has 0 spiro atoms. The van der Waals surface area contributed by atoms with Crippen LogP contribution in [0.2, 0.25) is 0 Å². The number of benzene rings is 1. The molecule has 0 saturated heterocycles. The molecule has 0 unspecified atom stereocenters. The van der Waals surface area contributed by atoms with Crippen LogP contribution in [0.5, 0.6) is 0 Å². The fourth-order valence-corrected chi connectivity index (χ4v) is 2.32. The first-order chi connectivity index (χ1) is 8.70. The van der Waals surface area contributed by atoms with E-state index in [1.807, 2.05) is 36.5 Å². The molecule has 0 aliphatic heterocycles. The second-order valence-electron chi connectivity index (χ2n) is 4.03. The molecule has 0 N–H and O–H groups in total. The standard InChI is InChI=1S/C14H14INO2/c1-18-10-12-9-16(14(17)7-13(12)15)8-11-5-3-2-4-6-11/h2-7,9H,8,10H2,1H3. The van der Waals surface area contributed by atoms with Crippen molar-refractivity contribution >= 4 is 22.6 Å². The van der Waals surface area contributed by atoms with E-state index in [1.165, 1.54) is 0 Å². The molecule has 0 aliphatic rings. The van der Waals surface area contributed by atoms with Crippen molar-refractivity contribution < 1.29 is 4.74 Å². The SMILES string of the molecule is COCc1cn(Cc2ccccc2)c(=O)cc1I. The van der Waals surface area contributed by atoms with Crippen molar-refractivity contribution in [3.05, 3.63) is 67.6 Å². The number of hydrogen-bond donors (Lipinski definition) is 0. The fourth-order valence-electron chi connectivity index (χ4n) is 1.76. The average Bonchev–Trinajstić information content (AvgIpc) is 2.37. The second-order valence-corrected chi connectivity index (χ2v) is 5.19. The van der Waals surface area contributed by atoms with Crippen molar-refractivity contribution in [2.75, 3.05) is 7.11 Å². The van der Waals surface area contributed by atoms with Gasteiger partial charge in [0.15, 0.2) is 0 Å². The summed E-state index contributed by atoms with van der Waals surface area (Å²) in [6, 6.07) is 11.6. The van der Waals surface area contributed by atoms with E-state index >= 15 is 0 Å². The predicted octanol–water partition coefficient (Wildman–Crippen LogP) is 2.65. The largest absolute Gasteiger partial charge is 0.380 e. The lowest BCUT2D eigenvalue weighted by molar-refractivity contribution is 0.183. The van der Waals surface area contributed by atoms with Gasteiger partial charge in [-0.3, -0.25) is 4.79 Å². The first kappa shape index (κ1) is 13.3. The Morgan fingerprint density at radius 1 is 1.28 bits per heavy atom. The first-order valence-electron chi connectivity index (χ1n) is 5.62. The number of rotatable bonds is 4. The molecule has 0 bridgehead atoms. The average molecular weight is 355 g/mol. The highest BCUT2D eigenvalue weighted by Crippen LogP contribution is 2.11. The van der Waals surface area contributed by atoms with Crippen molar-refractivity contribution in [1.82, 2.24) is 4.57 Å². The third-order valence-electron chi connectivity index (χ3n) is 2.65. The van der Waals surface area contributed by atoms with Gasteiger partial charge >= 0.3 is 0 Å². The Balaban J connectivity index is 2.33. The highest BCUT2D eigenvalue weighted by molar-refractivity contribution is 14.1. The van der Waals surface area contributed by atoms with Crippen LogP contribution in [-0.2, 0) is 17.9 Å². The van der Waals surface area contributed by atoms with E-state index in [0.29, 0.717) is 13.2 Å². The van der Waals surface area contributed by atoms with E-state index in [-0.39, 0.29) is 5.56 Å². The van der Waals surface area contributed by atoms with Gasteiger partial charge < -0.3 is 9.30 Å². The molecule has 2 aromatic rings. The van der Waals surface area contributed by atoms with Gasteiger partial charge in [-0.2, -0.15) is 0 Å². The molecule has 0 fully saturated rings. The molecule has 0 radical (unpaired) electrons. The van der Waals surface area contributed by atoms with Crippen LogP contribution in [0.15, 0.2) is 47.4 Å². The third kappa shape index (κ3) is 3.20. The van der Waals surface area contributed by atoms with Gasteiger partial charge in [0, 0.05) is 28.5 Å². The highest BCUT2D eigenvalue weighted by Gasteiger charge is 2.05. The molecule has 4 heteroatoms. The number of aromatic nitrogens is 1. The zero-order chi connectivity index (χ0) is 13.0. The number of pyridine rings is 1. The number of ether oxygens (including phenoxy) is 1. The van der Waals surface area contributed by atoms with Crippen LogP contribution in [0, 0.1) is 3.57 Å². The van der Waals surface area contributed by atoms with Gasteiger partial charge in [0.2, 0.25) is 0 Å². The number of halogens is 1. The lowest BCUT2D eigenvalue weighted by Crippen LogP contribution is -2.21. The Kier molecular flexibility index (Phi) is 4.54. The summed E-state index contributed by atoms with van der Waals surface area (Å²) in [7, 11) is 1.66. The lowest BCUT2D eigenvalue weighted by Gasteiger charge is -2.10. The molecule has 18 heavy (non-hydrogen) atoms. The summed E-state index contributed by atoms with van der Waals surface area (Å²) >= 11 is 2.16. The van der Waals surface area contributed by atoms with Crippen molar-refractivity contribution in [3.63, 3.8) is 0 Å². The van der Waals surface area contributed by atoms with Gasteiger partial charge in [0.25, 0.3) is 5.56 Å². The Labute approximate surface area is 120 Å². The summed E-state index contributed by atoms with van der Waals surface area (Å²) in [5.74, 6) is 0. The maximum absolute atomic E-state index is 11.9. The summed E-state index contributed by atoms with van der Waals surface area (Å²) in [5.41, 5.74) is 2.17. The van der Waals surface area contributed by atoms with E-state index < -0.39 is 0 Å². The van der Waals surface area contributed by atoms with Gasteiger partial charge in [-0.25, -0.2) is 0 Å². The van der Waals surface area contributed by atoms with E-state index in [2.05, 4.69) is 22.6 Å². The minimum atomic E-state index is 0.0168. The minimum absolute atomic E-state index is 0.0168. The summed E-state index contributed by atoms with van der Waals surface area (Å²) in [4.78, 5) is 11.9. The molecule has 1 heterocycles.